The third-order valence-corrected chi connectivity index (χ3v) is 3.03. The Kier molecular flexibility index (Phi) is 4.47. The average molecular weight is 239 g/mol. The maximum Gasteiger partial charge on any atom is 0.146 e. The Bertz CT molecular complexity index is 340. The van der Waals surface area contributed by atoms with Gasteiger partial charge in [0, 0.05) is 26.2 Å². The number of hydrogen-bond donors (Lipinski definition) is 1. The molecule has 0 amide bonds. The highest BCUT2D eigenvalue weighted by Gasteiger charge is 2.17. The number of hydrogen-bond acceptors (Lipinski definition) is 5. The highest BCUT2D eigenvalue weighted by molar-refractivity contribution is 4.85. The van der Waals surface area contributed by atoms with Crippen LogP contribution in [0.15, 0.2) is 6.33 Å². The van der Waals surface area contributed by atoms with Crippen LogP contribution >= 0.6 is 0 Å². The summed E-state index contributed by atoms with van der Waals surface area (Å²) < 4.78 is 7.72. The molecule has 96 valence electrons. The van der Waals surface area contributed by atoms with E-state index in [2.05, 4.69) is 34.4 Å². The van der Waals surface area contributed by atoms with Crippen molar-refractivity contribution < 1.29 is 4.74 Å². The van der Waals surface area contributed by atoms with E-state index >= 15 is 0 Å². The lowest BCUT2D eigenvalue weighted by Crippen LogP contribution is -2.44. The largest absolute Gasteiger partial charge is 0.374 e. The molecule has 0 spiro atoms. The van der Waals surface area contributed by atoms with Gasteiger partial charge in [-0.25, -0.2) is 0 Å². The number of morpholine rings is 1. The minimum atomic E-state index is 0.284. The third kappa shape index (κ3) is 3.49. The van der Waals surface area contributed by atoms with Gasteiger partial charge >= 0.3 is 0 Å². The topological polar surface area (TPSA) is 55.2 Å². The van der Waals surface area contributed by atoms with Gasteiger partial charge in [0.25, 0.3) is 0 Å². The second-order valence-corrected chi connectivity index (χ2v) is 4.42. The molecule has 1 aromatic heterocycles. The summed E-state index contributed by atoms with van der Waals surface area (Å²) in [6, 6.07) is 0. The van der Waals surface area contributed by atoms with Crippen molar-refractivity contribution in [3.63, 3.8) is 0 Å². The minimum absolute atomic E-state index is 0.284. The van der Waals surface area contributed by atoms with Crippen LogP contribution in [0.4, 0.5) is 0 Å². The predicted molar refractivity (Wildman–Crippen MR) is 64.6 cm³/mol. The summed E-state index contributed by atoms with van der Waals surface area (Å²) in [4.78, 5) is 2.30. The molecule has 1 aliphatic rings. The number of nitrogens with zero attached hydrogens (tertiary/aromatic N) is 4. The third-order valence-electron chi connectivity index (χ3n) is 3.03. The number of ether oxygens (including phenoxy) is 1. The van der Waals surface area contributed by atoms with Gasteiger partial charge in [-0.3, -0.25) is 0 Å². The lowest BCUT2D eigenvalue weighted by molar-refractivity contribution is -0.0183. The quantitative estimate of drug-likeness (QED) is 0.766. The SMILES string of the molecule is CCn1cnnc1CNCC1CN(C)CCO1. The fourth-order valence-electron chi connectivity index (χ4n) is 2.02. The second-order valence-electron chi connectivity index (χ2n) is 4.42. The Hall–Kier alpha value is -0.980. The average Bonchev–Trinajstić information content (AvgIpc) is 2.77. The summed E-state index contributed by atoms with van der Waals surface area (Å²) in [5, 5.41) is 11.4. The number of aryl methyl sites for hydroxylation is 1. The molecule has 1 N–H and O–H groups in total. The van der Waals surface area contributed by atoms with Crippen molar-refractivity contribution in [3.05, 3.63) is 12.2 Å². The van der Waals surface area contributed by atoms with Crippen LogP contribution < -0.4 is 5.32 Å². The van der Waals surface area contributed by atoms with Crippen molar-refractivity contribution in [2.24, 2.45) is 0 Å². The molecule has 0 aromatic carbocycles. The predicted octanol–water partition coefficient (Wildman–Crippen LogP) is -0.282. The smallest absolute Gasteiger partial charge is 0.146 e. The van der Waals surface area contributed by atoms with E-state index in [9.17, 15) is 0 Å². The summed E-state index contributed by atoms with van der Waals surface area (Å²) in [6.45, 7) is 7.46. The van der Waals surface area contributed by atoms with Gasteiger partial charge in [-0.05, 0) is 14.0 Å². The molecule has 1 atom stereocenters. The Morgan fingerprint density at radius 3 is 3.24 bits per heavy atom. The van der Waals surface area contributed by atoms with E-state index in [1.165, 1.54) is 0 Å². The summed E-state index contributed by atoms with van der Waals surface area (Å²) in [5.74, 6) is 0.983. The van der Waals surface area contributed by atoms with Crippen molar-refractivity contribution in [3.8, 4) is 0 Å². The van der Waals surface area contributed by atoms with Crippen LogP contribution in [-0.4, -0.2) is 59.1 Å². The van der Waals surface area contributed by atoms with Gasteiger partial charge in [-0.15, -0.1) is 10.2 Å². The van der Waals surface area contributed by atoms with Crippen molar-refractivity contribution in [1.82, 2.24) is 25.0 Å². The van der Waals surface area contributed by atoms with Crippen LogP contribution in [0.1, 0.15) is 12.7 Å². The first-order valence-corrected chi connectivity index (χ1v) is 6.17. The number of nitrogens with one attached hydrogen (secondary N) is 1. The number of rotatable bonds is 5. The van der Waals surface area contributed by atoms with Crippen LogP contribution in [-0.2, 0) is 17.8 Å². The Labute approximate surface area is 102 Å². The van der Waals surface area contributed by atoms with Crippen LogP contribution in [0.25, 0.3) is 0 Å². The zero-order valence-electron chi connectivity index (χ0n) is 10.6. The summed E-state index contributed by atoms with van der Waals surface area (Å²) in [6.07, 6.45) is 2.05. The molecule has 6 nitrogen and oxygen atoms in total. The molecule has 1 aliphatic heterocycles. The maximum absolute atomic E-state index is 5.68. The highest BCUT2D eigenvalue weighted by Crippen LogP contribution is 2.02. The van der Waals surface area contributed by atoms with E-state index in [0.29, 0.717) is 0 Å². The molecule has 1 saturated heterocycles. The molecule has 6 heteroatoms. The first kappa shape index (κ1) is 12.5. The molecule has 17 heavy (non-hydrogen) atoms. The van der Waals surface area contributed by atoms with Crippen LogP contribution in [0.5, 0.6) is 0 Å². The van der Waals surface area contributed by atoms with Crippen molar-refractivity contribution in [2.75, 3.05) is 33.3 Å². The molecule has 0 saturated carbocycles. The Morgan fingerprint density at radius 2 is 2.47 bits per heavy atom. The van der Waals surface area contributed by atoms with Gasteiger partial charge in [-0.2, -0.15) is 0 Å². The Morgan fingerprint density at radius 1 is 1.59 bits per heavy atom. The first-order valence-electron chi connectivity index (χ1n) is 6.17. The molecule has 2 rings (SSSR count). The molecule has 1 fully saturated rings. The van der Waals surface area contributed by atoms with Gasteiger partial charge in [0.05, 0.1) is 19.3 Å². The molecular formula is C11H21N5O. The number of likely N-dealkylation sites (N-methyl/N-ethyl adjacent to an activating group) is 1. The molecule has 0 aliphatic carbocycles. The van der Waals surface area contributed by atoms with Gasteiger partial charge in [0.1, 0.15) is 12.2 Å². The standard InChI is InChI=1S/C11H21N5O/c1-3-16-9-13-14-11(16)7-12-6-10-8-15(2)4-5-17-10/h9-10,12H,3-8H2,1-2H3. The number of aromatic nitrogens is 3. The van der Waals surface area contributed by atoms with Crippen molar-refractivity contribution >= 4 is 0 Å². The minimum Gasteiger partial charge on any atom is -0.374 e. The first-order chi connectivity index (χ1) is 8.29. The molecule has 0 bridgehead atoms. The Balaban J connectivity index is 1.72. The molecular weight excluding hydrogens is 218 g/mol. The highest BCUT2D eigenvalue weighted by atomic mass is 16.5. The fourth-order valence-corrected chi connectivity index (χ4v) is 2.02. The molecule has 1 unspecified atom stereocenters. The molecule has 0 radical (unpaired) electrons. The normalized spacial score (nSPS) is 21.9. The van der Waals surface area contributed by atoms with Gasteiger partial charge in [-0.1, -0.05) is 0 Å². The van der Waals surface area contributed by atoms with Crippen LogP contribution in [0.3, 0.4) is 0 Å². The van der Waals surface area contributed by atoms with E-state index in [4.69, 9.17) is 4.74 Å². The molecule has 1 aromatic rings. The second kappa shape index (κ2) is 6.09. The summed E-state index contributed by atoms with van der Waals surface area (Å²) in [5.41, 5.74) is 0. The molecule has 2 heterocycles. The van der Waals surface area contributed by atoms with E-state index < -0.39 is 0 Å². The van der Waals surface area contributed by atoms with Gasteiger partial charge in [0.2, 0.25) is 0 Å². The van der Waals surface area contributed by atoms with Crippen molar-refractivity contribution in [2.45, 2.75) is 26.1 Å². The lowest BCUT2D eigenvalue weighted by Gasteiger charge is -2.30. The van der Waals surface area contributed by atoms with E-state index in [-0.39, 0.29) is 6.10 Å². The van der Waals surface area contributed by atoms with Crippen LogP contribution in [0.2, 0.25) is 0 Å². The van der Waals surface area contributed by atoms with Gasteiger partial charge in [0.15, 0.2) is 0 Å². The van der Waals surface area contributed by atoms with Gasteiger partial charge < -0.3 is 19.5 Å². The van der Waals surface area contributed by atoms with Crippen LogP contribution in [0, 0.1) is 0 Å². The maximum atomic E-state index is 5.68. The van der Waals surface area contributed by atoms with E-state index in [1.54, 1.807) is 6.33 Å². The zero-order chi connectivity index (χ0) is 12.1. The lowest BCUT2D eigenvalue weighted by atomic mass is 10.3. The summed E-state index contributed by atoms with van der Waals surface area (Å²) in [7, 11) is 2.13. The summed E-state index contributed by atoms with van der Waals surface area (Å²) >= 11 is 0. The van der Waals surface area contributed by atoms with E-state index in [0.717, 1.165) is 45.2 Å². The van der Waals surface area contributed by atoms with Crippen molar-refractivity contribution in [1.29, 1.82) is 0 Å². The fraction of sp³-hybridized carbons (Fsp3) is 0.818. The monoisotopic (exact) mass is 239 g/mol. The van der Waals surface area contributed by atoms with E-state index in [1.807, 2.05) is 4.57 Å². The zero-order valence-corrected chi connectivity index (χ0v) is 10.6.